The zero-order valence-corrected chi connectivity index (χ0v) is 20.5. The Labute approximate surface area is 215 Å². The van der Waals surface area contributed by atoms with Crippen LogP contribution in [-0.4, -0.2) is 80.7 Å². The fraction of sp³-hybridized carbons (Fsp3) is 0.391. The van der Waals surface area contributed by atoms with Crippen LogP contribution in [0.2, 0.25) is 0 Å². The number of nitrogens with zero attached hydrogens (tertiary/aromatic N) is 1. The zero-order valence-electron chi connectivity index (χ0n) is 19.7. The maximum atomic E-state index is 12.6. The van der Waals surface area contributed by atoms with E-state index in [1.807, 2.05) is 0 Å². The molecule has 3 atom stereocenters. The van der Waals surface area contributed by atoms with Crippen molar-refractivity contribution in [2.75, 3.05) is 12.4 Å². The minimum absolute atomic E-state index is 0.0685. The molecule has 0 aliphatic carbocycles. The summed E-state index contributed by atoms with van der Waals surface area (Å²) in [6, 6.07) is 5.84. The van der Waals surface area contributed by atoms with Crippen LogP contribution < -0.4 is 15.4 Å². The number of aliphatic carboxylic acids is 2. The largest absolute Gasteiger partial charge is 0.480 e. The highest BCUT2D eigenvalue weighted by atomic mass is 32.2. The number of ether oxygens (including phenoxy) is 2. The number of amides is 3. The van der Waals surface area contributed by atoms with Gasteiger partial charge in [0.25, 0.3) is 5.91 Å². The number of benzene rings is 1. The predicted molar refractivity (Wildman–Crippen MR) is 127 cm³/mol. The summed E-state index contributed by atoms with van der Waals surface area (Å²) < 4.78 is 9.89. The molecule has 4 N–H and O–H groups in total. The summed E-state index contributed by atoms with van der Waals surface area (Å²) in [6.45, 7) is 0.931. The quantitative estimate of drug-likeness (QED) is 0.231. The van der Waals surface area contributed by atoms with Crippen molar-refractivity contribution in [1.82, 2.24) is 15.5 Å². The van der Waals surface area contributed by atoms with E-state index in [2.05, 4.69) is 10.6 Å². The summed E-state index contributed by atoms with van der Waals surface area (Å²) in [6.07, 6.45) is -1.06. The van der Waals surface area contributed by atoms with E-state index in [1.165, 1.54) is 30.8 Å². The highest BCUT2D eigenvalue weighted by Gasteiger charge is 2.54. The first-order valence-corrected chi connectivity index (χ1v) is 12.2. The number of para-hydroxylation sites is 1. The summed E-state index contributed by atoms with van der Waals surface area (Å²) in [7, 11) is 0. The summed E-state index contributed by atoms with van der Waals surface area (Å²) in [4.78, 5) is 72.3. The van der Waals surface area contributed by atoms with Crippen molar-refractivity contribution in [1.29, 1.82) is 0 Å². The molecule has 3 rings (SSSR count). The molecule has 37 heavy (non-hydrogen) atoms. The number of carboxylic acids is 2. The lowest BCUT2D eigenvalue weighted by Crippen LogP contribution is -2.70. The first-order chi connectivity index (χ1) is 17.6. The average molecular weight is 536 g/mol. The van der Waals surface area contributed by atoms with E-state index in [0.717, 1.165) is 4.90 Å². The number of carbonyl (C=O) groups is 6. The number of β-lactam (4-membered cyclic amide) rings is 1. The van der Waals surface area contributed by atoms with Gasteiger partial charge in [0, 0.05) is 24.7 Å². The number of thioether (sulfide) groups is 1. The molecule has 1 aromatic carbocycles. The number of carbonyl (C=O) groups excluding carboxylic acids is 4. The highest BCUT2D eigenvalue weighted by molar-refractivity contribution is 8.00. The van der Waals surface area contributed by atoms with Crippen LogP contribution in [0.1, 0.15) is 26.2 Å². The molecule has 3 amide bonds. The number of esters is 1. The van der Waals surface area contributed by atoms with Crippen molar-refractivity contribution >= 4 is 47.6 Å². The topological polar surface area (TPSA) is 189 Å². The molecule has 13 nitrogen and oxygen atoms in total. The molecule has 0 bridgehead atoms. The van der Waals surface area contributed by atoms with Gasteiger partial charge in [0.05, 0.1) is 0 Å². The number of fused-ring (bicyclic) bond motifs is 1. The van der Waals surface area contributed by atoms with Gasteiger partial charge in [-0.25, -0.2) is 14.4 Å². The van der Waals surface area contributed by atoms with Crippen LogP contribution in [0.4, 0.5) is 4.79 Å². The summed E-state index contributed by atoms with van der Waals surface area (Å²) >= 11 is 1.23. The standard InChI is InChI=1S/C23H25N3O10S/c1-12(27)35-10-13-11-37-20-17(19(29)26(20)18(13)22(32)33)25-16(28)9-5-8-15(21(30)31)24-23(34)36-14-6-3-2-4-7-14/h2-4,6-7,15,17,20H,5,8-11H2,1H3,(H,24,34)(H,25,28)(H,30,31)(H,32,33)/t15?,17?,20-/m0/s1. The minimum atomic E-state index is -1.34. The van der Waals surface area contributed by atoms with Gasteiger partial charge in [-0.3, -0.25) is 19.3 Å². The van der Waals surface area contributed by atoms with E-state index < -0.39 is 53.3 Å². The van der Waals surface area contributed by atoms with Crippen LogP contribution in [0.15, 0.2) is 41.6 Å². The van der Waals surface area contributed by atoms with Gasteiger partial charge in [-0.15, -0.1) is 11.8 Å². The molecule has 1 saturated heterocycles. The molecule has 2 aliphatic heterocycles. The second-order valence-electron chi connectivity index (χ2n) is 8.12. The Morgan fingerprint density at radius 3 is 2.49 bits per heavy atom. The number of hydrogen-bond acceptors (Lipinski definition) is 9. The molecule has 0 radical (unpaired) electrons. The Hall–Kier alpha value is -4.07. The van der Waals surface area contributed by atoms with Crippen molar-refractivity contribution < 1.29 is 48.5 Å². The molecule has 198 valence electrons. The molecule has 1 fully saturated rings. The highest BCUT2D eigenvalue weighted by Crippen LogP contribution is 2.40. The normalized spacial score (nSPS) is 19.2. The lowest BCUT2D eigenvalue weighted by molar-refractivity contribution is -0.151. The molecule has 1 aromatic rings. The van der Waals surface area contributed by atoms with Crippen LogP contribution in [0.5, 0.6) is 5.75 Å². The molecule has 0 aromatic heterocycles. The molecule has 2 unspecified atom stereocenters. The van der Waals surface area contributed by atoms with Gasteiger partial charge in [0.15, 0.2) is 0 Å². The van der Waals surface area contributed by atoms with Gasteiger partial charge >= 0.3 is 24.0 Å². The van der Waals surface area contributed by atoms with Crippen molar-refractivity contribution in [3.05, 3.63) is 41.6 Å². The van der Waals surface area contributed by atoms with Crippen molar-refractivity contribution in [3.8, 4) is 5.75 Å². The first-order valence-electron chi connectivity index (χ1n) is 11.2. The van der Waals surface area contributed by atoms with E-state index in [1.54, 1.807) is 18.2 Å². The number of rotatable bonds is 11. The monoisotopic (exact) mass is 535 g/mol. The Balaban J connectivity index is 1.49. The summed E-state index contributed by atoms with van der Waals surface area (Å²) in [5, 5.41) is 23.1. The van der Waals surface area contributed by atoms with Crippen molar-refractivity contribution in [2.24, 2.45) is 0 Å². The predicted octanol–water partition coefficient (Wildman–Crippen LogP) is 0.700. The third kappa shape index (κ3) is 7.00. The van der Waals surface area contributed by atoms with Crippen LogP contribution in [0.3, 0.4) is 0 Å². The van der Waals surface area contributed by atoms with E-state index in [-0.39, 0.29) is 48.6 Å². The fourth-order valence-electron chi connectivity index (χ4n) is 3.72. The number of hydrogen-bond donors (Lipinski definition) is 4. The average Bonchev–Trinajstić information content (AvgIpc) is 2.85. The molecule has 2 aliphatic rings. The van der Waals surface area contributed by atoms with Crippen LogP contribution in [-0.2, 0) is 28.7 Å². The van der Waals surface area contributed by atoms with E-state index in [0.29, 0.717) is 0 Å². The lowest BCUT2D eigenvalue weighted by Gasteiger charge is -2.49. The van der Waals surface area contributed by atoms with E-state index >= 15 is 0 Å². The SMILES string of the molecule is CC(=O)OCC1=C(C(=O)O)N2C(=O)C(NC(=O)CCCC(NC(=O)Oc3ccccc3)C(=O)O)[C@@H]2SC1. The van der Waals surface area contributed by atoms with Gasteiger partial charge in [0.1, 0.15) is 35.5 Å². The Morgan fingerprint density at radius 2 is 1.86 bits per heavy atom. The van der Waals surface area contributed by atoms with E-state index in [4.69, 9.17) is 9.47 Å². The maximum Gasteiger partial charge on any atom is 0.413 e. The summed E-state index contributed by atoms with van der Waals surface area (Å²) in [5.41, 5.74) is 0.0124. The third-order valence-corrected chi connectivity index (χ3v) is 6.80. The van der Waals surface area contributed by atoms with Crippen LogP contribution in [0, 0.1) is 0 Å². The third-order valence-electron chi connectivity index (χ3n) is 5.46. The van der Waals surface area contributed by atoms with Crippen LogP contribution >= 0.6 is 11.8 Å². The van der Waals surface area contributed by atoms with Gasteiger partial charge in [-0.2, -0.15) is 0 Å². The van der Waals surface area contributed by atoms with Gasteiger partial charge < -0.3 is 30.3 Å². The Morgan fingerprint density at radius 1 is 1.16 bits per heavy atom. The molecular weight excluding hydrogens is 510 g/mol. The molecular formula is C23H25N3O10S. The number of nitrogens with one attached hydrogen (secondary N) is 2. The fourth-order valence-corrected chi connectivity index (χ4v) is 5.05. The number of carboxylic acid groups (broad SMARTS) is 2. The lowest BCUT2D eigenvalue weighted by atomic mass is 10.0. The second-order valence-corrected chi connectivity index (χ2v) is 9.23. The van der Waals surface area contributed by atoms with Gasteiger partial charge in [-0.1, -0.05) is 18.2 Å². The van der Waals surface area contributed by atoms with E-state index in [9.17, 15) is 39.0 Å². The second kappa shape index (κ2) is 12.3. The zero-order chi connectivity index (χ0) is 27.1. The van der Waals surface area contributed by atoms with Gasteiger partial charge in [-0.05, 0) is 25.0 Å². The minimum Gasteiger partial charge on any atom is -0.480 e. The molecule has 14 heteroatoms. The summed E-state index contributed by atoms with van der Waals surface area (Å²) in [5.74, 6) is -3.94. The molecule has 0 saturated carbocycles. The van der Waals surface area contributed by atoms with Crippen LogP contribution in [0.25, 0.3) is 0 Å². The first kappa shape index (κ1) is 27.5. The van der Waals surface area contributed by atoms with Crippen molar-refractivity contribution in [2.45, 2.75) is 43.6 Å². The Kier molecular flexibility index (Phi) is 9.11. The smallest absolute Gasteiger partial charge is 0.413 e. The molecule has 2 heterocycles. The van der Waals surface area contributed by atoms with Gasteiger partial charge in [0.2, 0.25) is 5.91 Å². The Bertz CT molecular complexity index is 1120. The van der Waals surface area contributed by atoms with Crippen molar-refractivity contribution in [3.63, 3.8) is 0 Å². The molecule has 0 spiro atoms. The maximum absolute atomic E-state index is 12.6.